The number of carboxylic acids is 1. The van der Waals surface area contributed by atoms with Crippen LogP contribution in [0.3, 0.4) is 0 Å². The SMILES string of the molecule is CC(C)c1c(F)c(C(C)C)c(CC(=O)O)c(-c2ccccc2)c1CO. The van der Waals surface area contributed by atoms with E-state index in [0.29, 0.717) is 27.8 Å². The van der Waals surface area contributed by atoms with Crippen LogP contribution in [0.4, 0.5) is 4.39 Å². The number of carboxylic acid groups (broad SMARTS) is 1. The highest BCUT2D eigenvalue weighted by molar-refractivity contribution is 5.81. The molecule has 3 nitrogen and oxygen atoms in total. The van der Waals surface area contributed by atoms with Gasteiger partial charge in [-0.15, -0.1) is 0 Å². The van der Waals surface area contributed by atoms with E-state index in [1.807, 2.05) is 58.0 Å². The predicted molar refractivity (Wildman–Crippen MR) is 97.3 cm³/mol. The van der Waals surface area contributed by atoms with Gasteiger partial charge in [-0.25, -0.2) is 4.39 Å². The van der Waals surface area contributed by atoms with Gasteiger partial charge in [-0.3, -0.25) is 4.79 Å². The number of rotatable bonds is 6. The molecule has 4 heteroatoms. The van der Waals surface area contributed by atoms with E-state index in [1.165, 1.54) is 0 Å². The fourth-order valence-electron chi connectivity index (χ4n) is 3.52. The molecule has 0 bridgehead atoms. The molecule has 0 aliphatic heterocycles. The summed E-state index contributed by atoms with van der Waals surface area (Å²) >= 11 is 0. The van der Waals surface area contributed by atoms with Crippen LogP contribution in [0.1, 0.15) is 61.8 Å². The van der Waals surface area contributed by atoms with Crippen molar-refractivity contribution >= 4 is 5.97 Å². The standard InChI is InChI=1S/C21H25FO3/c1-12(2)18-15(10-17(24)25)20(14-8-6-5-7-9-14)16(11-23)19(13(3)4)21(18)22/h5-9,12-13,23H,10-11H2,1-4H3,(H,24,25). The van der Waals surface area contributed by atoms with Crippen LogP contribution in [0.25, 0.3) is 11.1 Å². The van der Waals surface area contributed by atoms with Gasteiger partial charge in [0.25, 0.3) is 0 Å². The van der Waals surface area contributed by atoms with E-state index >= 15 is 4.39 Å². The number of aliphatic hydroxyl groups excluding tert-OH is 1. The van der Waals surface area contributed by atoms with Crippen molar-refractivity contribution in [2.45, 2.75) is 52.6 Å². The monoisotopic (exact) mass is 344 g/mol. The van der Waals surface area contributed by atoms with Gasteiger partial charge in [-0.05, 0) is 45.2 Å². The van der Waals surface area contributed by atoms with Gasteiger partial charge in [0.1, 0.15) is 5.82 Å². The summed E-state index contributed by atoms with van der Waals surface area (Å²) in [5, 5.41) is 19.4. The summed E-state index contributed by atoms with van der Waals surface area (Å²) in [5.41, 5.74) is 3.30. The van der Waals surface area contributed by atoms with E-state index in [4.69, 9.17) is 0 Å². The molecular formula is C21H25FO3. The lowest BCUT2D eigenvalue weighted by Crippen LogP contribution is -2.15. The minimum Gasteiger partial charge on any atom is -0.481 e. The largest absolute Gasteiger partial charge is 0.481 e. The summed E-state index contributed by atoms with van der Waals surface area (Å²) in [6.45, 7) is 7.16. The Hall–Kier alpha value is -2.20. The minimum absolute atomic E-state index is 0.124. The molecule has 2 rings (SSSR count). The van der Waals surface area contributed by atoms with Crippen LogP contribution >= 0.6 is 0 Å². The van der Waals surface area contributed by atoms with Crippen LogP contribution in [0.15, 0.2) is 30.3 Å². The second-order valence-electron chi connectivity index (χ2n) is 6.88. The molecule has 0 aliphatic carbocycles. The molecule has 0 saturated heterocycles. The zero-order valence-electron chi connectivity index (χ0n) is 15.1. The van der Waals surface area contributed by atoms with Gasteiger partial charge in [0, 0.05) is 0 Å². The van der Waals surface area contributed by atoms with Crippen molar-refractivity contribution in [1.29, 1.82) is 0 Å². The van der Waals surface area contributed by atoms with E-state index < -0.39 is 5.97 Å². The maximum absolute atomic E-state index is 15.3. The molecule has 0 fully saturated rings. The molecule has 2 N–H and O–H groups in total. The molecule has 0 saturated carbocycles. The number of carbonyl (C=O) groups is 1. The molecule has 0 aliphatic rings. The number of benzene rings is 2. The van der Waals surface area contributed by atoms with Crippen molar-refractivity contribution in [2.24, 2.45) is 0 Å². The van der Waals surface area contributed by atoms with Crippen LogP contribution in [0.5, 0.6) is 0 Å². The number of aliphatic carboxylic acids is 1. The number of hydrogen-bond donors (Lipinski definition) is 2. The highest BCUT2D eigenvalue weighted by Crippen LogP contribution is 2.41. The molecular weight excluding hydrogens is 319 g/mol. The van der Waals surface area contributed by atoms with Gasteiger partial charge in [0.15, 0.2) is 0 Å². The maximum Gasteiger partial charge on any atom is 0.307 e. The fraction of sp³-hybridized carbons (Fsp3) is 0.381. The number of aliphatic hydroxyl groups is 1. The van der Waals surface area contributed by atoms with Crippen molar-refractivity contribution in [1.82, 2.24) is 0 Å². The molecule has 0 heterocycles. The first-order valence-electron chi connectivity index (χ1n) is 8.54. The fourth-order valence-corrected chi connectivity index (χ4v) is 3.52. The first kappa shape index (κ1) is 19.1. The van der Waals surface area contributed by atoms with Crippen LogP contribution in [-0.2, 0) is 17.8 Å². The lowest BCUT2D eigenvalue weighted by atomic mass is 9.80. The van der Waals surface area contributed by atoms with E-state index in [-0.39, 0.29) is 30.7 Å². The Bertz CT molecular complexity index is 765. The minimum atomic E-state index is -1.01. The molecule has 0 spiro atoms. The van der Waals surface area contributed by atoms with Crippen LogP contribution in [-0.4, -0.2) is 16.2 Å². The molecule has 2 aromatic carbocycles. The third-order valence-corrected chi connectivity index (χ3v) is 4.43. The quantitative estimate of drug-likeness (QED) is 0.787. The Morgan fingerprint density at radius 3 is 1.96 bits per heavy atom. The molecule has 0 amide bonds. The normalized spacial score (nSPS) is 11.4. The zero-order chi connectivity index (χ0) is 18.7. The predicted octanol–water partition coefficient (Wildman–Crippen LogP) is 4.86. The molecule has 134 valence electrons. The number of halogens is 1. The lowest BCUT2D eigenvalue weighted by Gasteiger charge is -2.26. The van der Waals surface area contributed by atoms with E-state index in [9.17, 15) is 15.0 Å². The van der Waals surface area contributed by atoms with Crippen LogP contribution in [0, 0.1) is 5.82 Å². The molecule has 25 heavy (non-hydrogen) atoms. The Morgan fingerprint density at radius 1 is 1.00 bits per heavy atom. The van der Waals surface area contributed by atoms with Gasteiger partial charge in [-0.2, -0.15) is 0 Å². The smallest absolute Gasteiger partial charge is 0.307 e. The van der Waals surface area contributed by atoms with E-state index in [2.05, 4.69) is 0 Å². The summed E-state index contributed by atoms with van der Waals surface area (Å²) in [6, 6.07) is 9.32. The Kier molecular flexibility index (Phi) is 5.96. The zero-order valence-corrected chi connectivity index (χ0v) is 15.1. The van der Waals surface area contributed by atoms with Gasteiger partial charge in [0.05, 0.1) is 13.0 Å². The van der Waals surface area contributed by atoms with Gasteiger partial charge in [-0.1, -0.05) is 58.0 Å². The van der Waals surface area contributed by atoms with Crippen molar-refractivity contribution < 1.29 is 19.4 Å². The average molecular weight is 344 g/mol. The highest BCUT2D eigenvalue weighted by Gasteiger charge is 2.28. The first-order chi connectivity index (χ1) is 11.8. The molecule has 0 atom stereocenters. The number of hydrogen-bond acceptors (Lipinski definition) is 2. The van der Waals surface area contributed by atoms with Crippen LogP contribution in [0.2, 0.25) is 0 Å². The van der Waals surface area contributed by atoms with Crippen molar-refractivity contribution in [3.05, 3.63) is 58.4 Å². The third-order valence-electron chi connectivity index (χ3n) is 4.43. The molecule has 0 unspecified atom stereocenters. The summed E-state index contributed by atoms with van der Waals surface area (Å²) in [4.78, 5) is 11.5. The van der Waals surface area contributed by atoms with Gasteiger partial charge in [0.2, 0.25) is 0 Å². The highest BCUT2D eigenvalue weighted by atomic mass is 19.1. The van der Waals surface area contributed by atoms with E-state index in [1.54, 1.807) is 0 Å². The molecule has 0 aromatic heterocycles. The topological polar surface area (TPSA) is 57.5 Å². The van der Waals surface area contributed by atoms with Crippen molar-refractivity contribution in [2.75, 3.05) is 0 Å². The third kappa shape index (κ3) is 3.74. The van der Waals surface area contributed by atoms with Crippen molar-refractivity contribution in [3.8, 4) is 11.1 Å². The first-order valence-corrected chi connectivity index (χ1v) is 8.54. The maximum atomic E-state index is 15.3. The molecule has 0 radical (unpaired) electrons. The second-order valence-corrected chi connectivity index (χ2v) is 6.88. The van der Waals surface area contributed by atoms with E-state index in [0.717, 1.165) is 5.56 Å². The Balaban J connectivity index is 3.01. The van der Waals surface area contributed by atoms with Crippen LogP contribution < -0.4 is 0 Å². The van der Waals surface area contributed by atoms with Gasteiger partial charge < -0.3 is 10.2 Å². The lowest BCUT2D eigenvalue weighted by molar-refractivity contribution is -0.136. The summed E-state index contributed by atoms with van der Waals surface area (Å²) < 4.78 is 15.3. The Labute approximate surface area is 148 Å². The molecule has 2 aromatic rings. The van der Waals surface area contributed by atoms with Gasteiger partial charge >= 0.3 is 5.97 Å². The average Bonchev–Trinajstić information content (AvgIpc) is 2.53. The summed E-state index contributed by atoms with van der Waals surface area (Å²) in [6.07, 6.45) is -0.278. The Morgan fingerprint density at radius 2 is 1.52 bits per heavy atom. The summed E-state index contributed by atoms with van der Waals surface area (Å²) in [5.74, 6) is -1.69. The second kappa shape index (κ2) is 7.79. The van der Waals surface area contributed by atoms with Crippen molar-refractivity contribution in [3.63, 3.8) is 0 Å². The summed E-state index contributed by atoms with van der Waals surface area (Å²) in [7, 11) is 0.